The minimum absolute atomic E-state index is 0.0248. The Morgan fingerprint density at radius 1 is 1.12 bits per heavy atom. The molecule has 0 radical (unpaired) electrons. The number of alkyl halides is 1. The number of hydrogen-bond acceptors (Lipinski definition) is 9. The highest BCUT2D eigenvalue weighted by atomic mass is 19.1. The molecule has 2 aromatic carbocycles. The molecule has 0 heterocycles. The smallest absolute Gasteiger partial charge is 0.235 e. The summed E-state index contributed by atoms with van der Waals surface area (Å²) in [4.78, 5) is 67.9. The number of primary amides is 1. The molecule has 0 aromatic heterocycles. The average molecular weight is 566 g/mol. The van der Waals surface area contributed by atoms with Crippen LogP contribution in [0.3, 0.4) is 0 Å². The van der Waals surface area contributed by atoms with Crippen LogP contribution in [-0.2, 0) is 25.6 Å². The topological polar surface area (TPSA) is 167 Å². The number of fused-ring (bicyclic) bond motifs is 3. The molecule has 2 fully saturated rings. The van der Waals surface area contributed by atoms with E-state index >= 15 is 0 Å². The Morgan fingerprint density at radius 3 is 2.37 bits per heavy atom. The van der Waals surface area contributed by atoms with Gasteiger partial charge in [0.25, 0.3) is 0 Å². The van der Waals surface area contributed by atoms with Gasteiger partial charge in [0.1, 0.15) is 12.4 Å². The number of Topliss-reactive ketones (excluding diaryl/α,β-unsaturated/α-hetero) is 4. The first-order chi connectivity index (χ1) is 19.3. The molecular formula is C30H32FN3O7. The molecule has 1 amide bonds. The summed E-state index contributed by atoms with van der Waals surface area (Å²) in [6, 6.07) is 8.63. The minimum Gasteiger partial charge on any atom is -0.507 e. The van der Waals surface area contributed by atoms with E-state index < -0.39 is 71.0 Å². The van der Waals surface area contributed by atoms with Gasteiger partial charge in [0.15, 0.2) is 34.7 Å². The maximum atomic E-state index is 13.9. The standard InChI is InChI=1S/C30H32FN3O7/c1-13(12-31)33-16-6-4-14(5-7-16)17-8-9-20(35)22-18(17)10-15-11-19-24(34(2)3)26(37)23(29(32)40)28(39)30(19,41)27(38)21(15)25(22)36/h4-9,13,15,19,21,23-24,33,35,41H,10-12H2,1-3H3,(H2,32,40)/t13?,15-,19-,21?,23?,24?,30-/m0/s1. The fourth-order valence-electron chi connectivity index (χ4n) is 6.94. The number of amides is 1. The average Bonchev–Trinajstić information content (AvgIpc) is 2.91. The number of halogens is 1. The third kappa shape index (κ3) is 4.26. The molecule has 5 N–H and O–H groups in total. The van der Waals surface area contributed by atoms with Crippen molar-refractivity contribution in [3.05, 3.63) is 47.5 Å². The maximum absolute atomic E-state index is 13.9. The summed E-state index contributed by atoms with van der Waals surface area (Å²) in [7, 11) is 3.08. The van der Waals surface area contributed by atoms with Gasteiger partial charge >= 0.3 is 0 Å². The van der Waals surface area contributed by atoms with Crippen molar-refractivity contribution in [1.29, 1.82) is 0 Å². The van der Waals surface area contributed by atoms with Crippen LogP contribution in [0.5, 0.6) is 5.75 Å². The third-order valence-electron chi connectivity index (χ3n) is 8.79. The summed E-state index contributed by atoms with van der Waals surface area (Å²) in [5.41, 5.74) is 5.11. The molecule has 2 aromatic rings. The quantitative estimate of drug-likeness (QED) is 0.378. The van der Waals surface area contributed by atoms with Gasteiger partial charge in [0.05, 0.1) is 23.6 Å². The number of carbonyl (C=O) groups excluding carboxylic acids is 5. The predicted molar refractivity (Wildman–Crippen MR) is 146 cm³/mol. The van der Waals surface area contributed by atoms with E-state index in [1.807, 2.05) is 0 Å². The van der Waals surface area contributed by atoms with Crippen LogP contribution in [0.2, 0.25) is 0 Å². The molecule has 41 heavy (non-hydrogen) atoms. The lowest BCUT2D eigenvalue weighted by atomic mass is 9.52. The maximum Gasteiger partial charge on any atom is 0.235 e. The Balaban J connectivity index is 1.58. The normalized spacial score (nSPS) is 30.0. The fourth-order valence-corrected chi connectivity index (χ4v) is 6.94. The van der Waals surface area contributed by atoms with Crippen LogP contribution in [0.4, 0.5) is 10.1 Å². The number of aromatic hydroxyl groups is 1. The molecule has 216 valence electrons. The van der Waals surface area contributed by atoms with E-state index in [1.165, 1.54) is 25.1 Å². The van der Waals surface area contributed by atoms with Crippen LogP contribution in [0.15, 0.2) is 36.4 Å². The summed E-state index contributed by atoms with van der Waals surface area (Å²) in [6.45, 7) is 1.17. The van der Waals surface area contributed by atoms with Crippen LogP contribution in [0.25, 0.3) is 11.1 Å². The number of nitrogens with zero attached hydrogens (tertiary/aromatic N) is 1. The summed E-state index contributed by atoms with van der Waals surface area (Å²) in [5.74, 6) is -10.8. The van der Waals surface area contributed by atoms with Gasteiger partial charge < -0.3 is 21.3 Å². The summed E-state index contributed by atoms with van der Waals surface area (Å²) in [6.07, 6.45) is 0.136. The summed E-state index contributed by atoms with van der Waals surface area (Å²) < 4.78 is 12.9. The molecule has 0 spiro atoms. The SMILES string of the molecule is CC(CF)Nc1ccc(-c2ccc(O)c3c2C[C@H]2C[C@H]4C(N(C)C)C(=O)C(C(N)=O)C(=O)[C@@]4(O)C(=O)C2C3=O)cc1. The van der Waals surface area contributed by atoms with Gasteiger partial charge in [-0.05, 0) is 74.7 Å². The molecule has 7 atom stereocenters. The van der Waals surface area contributed by atoms with Crippen molar-refractivity contribution in [3.63, 3.8) is 0 Å². The number of phenols is 1. The van der Waals surface area contributed by atoms with Crippen molar-refractivity contribution in [1.82, 2.24) is 4.90 Å². The molecule has 10 nitrogen and oxygen atoms in total. The highest BCUT2D eigenvalue weighted by Gasteiger charge is 2.69. The number of likely N-dealkylation sites (N-methyl/N-ethyl adjacent to an activating group) is 1. The Hall–Kier alpha value is -3.96. The summed E-state index contributed by atoms with van der Waals surface area (Å²) in [5, 5.41) is 25.4. The van der Waals surface area contributed by atoms with Crippen LogP contribution in [0.1, 0.15) is 29.3 Å². The number of phenolic OH excluding ortho intramolecular Hbond substituents is 1. The van der Waals surface area contributed by atoms with Gasteiger partial charge in [-0.2, -0.15) is 0 Å². The molecule has 5 rings (SSSR count). The van der Waals surface area contributed by atoms with Crippen molar-refractivity contribution in [2.24, 2.45) is 29.4 Å². The second-order valence-corrected chi connectivity index (χ2v) is 11.6. The lowest BCUT2D eigenvalue weighted by Crippen LogP contribution is -2.74. The number of aliphatic hydroxyl groups is 1. The van der Waals surface area contributed by atoms with Gasteiger partial charge in [-0.1, -0.05) is 18.2 Å². The van der Waals surface area contributed by atoms with E-state index in [-0.39, 0.29) is 30.2 Å². The zero-order chi connectivity index (χ0) is 30.0. The zero-order valence-electron chi connectivity index (χ0n) is 22.9. The number of nitrogens with one attached hydrogen (secondary N) is 1. The highest BCUT2D eigenvalue weighted by molar-refractivity contribution is 6.32. The van der Waals surface area contributed by atoms with Gasteiger partial charge in [0.2, 0.25) is 5.91 Å². The summed E-state index contributed by atoms with van der Waals surface area (Å²) >= 11 is 0. The lowest BCUT2D eigenvalue weighted by molar-refractivity contribution is -0.181. The van der Waals surface area contributed by atoms with E-state index in [0.717, 1.165) is 5.56 Å². The van der Waals surface area contributed by atoms with Crippen molar-refractivity contribution in [2.75, 3.05) is 26.1 Å². The first-order valence-corrected chi connectivity index (χ1v) is 13.4. The van der Waals surface area contributed by atoms with Crippen LogP contribution >= 0.6 is 0 Å². The van der Waals surface area contributed by atoms with E-state index in [2.05, 4.69) is 5.32 Å². The number of anilines is 1. The van der Waals surface area contributed by atoms with Gasteiger partial charge in [-0.15, -0.1) is 0 Å². The minimum atomic E-state index is -2.76. The molecule has 4 unspecified atom stereocenters. The van der Waals surface area contributed by atoms with Crippen molar-refractivity contribution in [3.8, 4) is 16.9 Å². The molecule has 11 heteroatoms. The Bertz CT molecular complexity index is 1470. The van der Waals surface area contributed by atoms with Crippen molar-refractivity contribution >= 4 is 34.7 Å². The second-order valence-electron chi connectivity index (χ2n) is 11.6. The molecular weight excluding hydrogens is 533 g/mol. The van der Waals surface area contributed by atoms with E-state index in [0.29, 0.717) is 16.8 Å². The van der Waals surface area contributed by atoms with Crippen LogP contribution in [0, 0.1) is 23.7 Å². The Labute approximate surface area is 235 Å². The monoisotopic (exact) mass is 565 g/mol. The fraction of sp³-hybridized carbons (Fsp3) is 0.433. The number of hydrogen-bond donors (Lipinski definition) is 4. The molecule has 3 aliphatic rings. The Kier molecular flexibility index (Phi) is 7.07. The van der Waals surface area contributed by atoms with E-state index in [4.69, 9.17) is 5.73 Å². The number of ketones is 4. The third-order valence-corrected chi connectivity index (χ3v) is 8.79. The largest absolute Gasteiger partial charge is 0.507 e. The van der Waals surface area contributed by atoms with Crippen LogP contribution in [-0.4, -0.2) is 82.6 Å². The number of nitrogens with two attached hydrogens (primary N) is 1. The second kappa shape index (κ2) is 10.1. The lowest BCUT2D eigenvalue weighted by Gasteiger charge is -2.52. The molecule has 3 aliphatic carbocycles. The van der Waals surface area contributed by atoms with Crippen LogP contribution < -0.4 is 11.1 Å². The van der Waals surface area contributed by atoms with Gasteiger partial charge in [-0.3, -0.25) is 28.9 Å². The molecule has 0 saturated heterocycles. The van der Waals surface area contributed by atoms with Gasteiger partial charge in [-0.25, -0.2) is 4.39 Å². The predicted octanol–water partition coefficient (Wildman–Crippen LogP) is 1.30. The van der Waals surface area contributed by atoms with Crippen molar-refractivity contribution in [2.45, 2.75) is 37.5 Å². The number of benzene rings is 2. The molecule has 0 aliphatic heterocycles. The molecule has 0 bridgehead atoms. The molecule has 2 saturated carbocycles. The highest BCUT2D eigenvalue weighted by Crippen LogP contribution is 2.51. The zero-order valence-corrected chi connectivity index (χ0v) is 22.9. The first-order valence-electron chi connectivity index (χ1n) is 13.4. The first kappa shape index (κ1) is 28.6. The van der Waals surface area contributed by atoms with Crippen molar-refractivity contribution < 1.29 is 38.6 Å². The van der Waals surface area contributed by atoms with E-state index in [9.17, 15) is 38.6 Å². The number of rotatable bonds is 6. The van der Waals surface area contributed by atoms with E-state index in [1.54, 1.807) is 37.3 Å². The Morgan fingerprint density at radius 2 is 1.78 bits per heavy atom. The number of carbonyl (C=O) groups is 5. The van der Waals surface area contributed by atoms with Gasteiger partial charge in [0, 0.05) is 11.6 Å².